The minimum atomic E-state index is -0.643. The molecule has 0 saturated carbocycles. The Morgan fingerprint density at radius 3 is 2.52 bits per heavy atom. The van der Waals surface area contributed by atoms with E-state index in [1.165, 1.54) is 18.3 Å². The Bertz CT molecular complexity index is 787. The first-order valence-electron chi connectivity index (χ1n) is 6.24. The van der Waals surface area contributed by atoms with Crippen molar-refractivity contribution in [3.8, 4) is 0 Å². The highest BCUT2D eigenvalue weighted by Gasteiger charge is 2.21. The first-order valence-corrected chi connectivity index (χ1v) is 6.24. The molecule has 0 amide bonds. The number of aldehydes is 1. The molecule has 1 aromatic carbocycles. The van der Waals surface area contributed by atoms with Crippen LogP contribution in [0.25, 0.3) is 0 Å². The van der Waals surface area contributed by atoms with E-state index >= 15 is 0 Å². The van der Waals surface area contributed by atoms with Gasteiger partial charge in [0.05, 0.1) is 17.6 Å². The number of anilines is 2. The second-order valence-corrected chi connectivity index (χ2v) is 4.43. The number of para-hydroxylation sites is 2. The minimum absolute atomic E-state index is 0.108. The number of benzene rings is 1. The van der Waals surface area contributed by atoms with Crippen molar-refractivity contribution < 1.29 is 9.59 Å². The maximum absolute atomic E-state index is 11.6. The molecule has 0 aliphatic carbocycles. The first kappa shape index (κ1) is 12.9. The van der Waals surface area contributed by atoms with Gasteiger partial charge in [-0.25, -0.2) is 0 Å². The summed E-state index contributed by atoms with van der Waals surface area (Å²) in [7, 11) is 0. The summed E-state index contributed by atoms with van der Waals surface area (Å²) in [6, 6.07) is 10.2. The molecule has 21 heavy (non-hydrogen) atoms. The van der Waals surface area contributed by atoms with Crippen molar-refractivity contribution in [2.45, 2.75) is 0 Å². The number of fused-ring (bicyclic) bond motifs is 1. The van der Waals surface area contributed by atoms with Crippen molar-refractivity contribution >= 4 is 23.4 Å². The van der Waals surface area contributed by atoms with Crippen LogP contribution in [-0.2, 0) is 9.59 Å². The Kier molecular flexibility index (Phi) is 3.12. The molecule has 3 rings (SSSR count). The van der Waals surface area contributed by atoms with Crippen molar-refractivity contribution in [2.24, 2.45) is 0 Å². The standard InChI is InChI=1S/C15H11N3O3/c19-10-15(21)13-9-18(17-7-5-11(20)6-8-17)14-4-2-1-3-12(14)16-13/h1-10,16H. The van der Waals surface area contributed by atoms with Crippen LogP contribution in [-0.4, -0.2) is 16.7 Å². The van der Waals surface area contributed by atoms with Gasteiger partial charge in [-0.2, -0.15) is 0 Å². The smallest absolute Gasteiger partial charge is 0.243 e. The van der Waals surface area contributed by atoms with Crippen LogP contribution in [0, 0.1) is 0 Å². The van der Waals surface area contributed by atoms with Crippen molar-refractivity contribution in [3.05, 3.63) is 70.9 Å². The number of carbonyl (C=O) groups is 2. The molecule has 0 fully saturated rings. The van der Waals surface area contributed by atoms with Gasteiger partial charge >= 0.3 is 0 Å². The van der Waals surface area contributed by atoms with E-state index in [1.54, 1.807) is 28.1 Å². The molecule has 2 heterocycles. The fraction of sp³-hybridized carbons (Fsp3) is 0. The highest BCUT2D eigenvalue weighted by atomic mass is 16.2. The molecule has 1 aromatic heterocycles. The number of pyridine rings is 1. The highest BCUT2D eigenvalue weighted by molar-refractivity contribution is 6.34. The Morgan fingerprint density at radius 1 is 1.10 bits per heavy atom. The lowest BCUT2D eigenvalue weighted by Gasteiger charge is -2.30. The number of hydrogen-bond acceptors (Lipinski definition) is 5. The summed E-state index contributed by atoms with van der Waals surface area (Å²) in [6.07, 6.45) is 4.95. The number of carbonyl (C=O) groups excluding carboxylic acids is 2. The molecule has 0 radical (unpaired) electrons. The van der Waals surface area contributed by atoms with Gasteiger partial charge in [0.15, 0.2) is 11.7 Å². The van der Waals surface area contributed by atoms with Crippen LogP contribution in [0.5, 0.6) is 0 Å². The van der Waals surface area contributed by atoms with Crippen molar-refractivity contribution in [1.82, 2.24) is 4.68 Å². The van der Waals surface area contributed by atoms with E-state index in [9.17, 15) is 14.4 Å². The van der Waals surface area contributed by atoms with E-state index in [1.807, 2.05) is 18.2 Å². The van der Waals surface area contributed by atoms with Gasteiger partial charge in [0.1, 0.15) is 5.70 Å². The van der Waals surface area contributed by atoms with E-state index in [0.29, 0.717) is 5.69 Å². The molecule has 0 bridgehead atoms. The first-order chi connectivity index (χ1) is 10.2. The van der Waals surface area contributed by atoms with Gasteiger partial charge in [-0.1, -0.05) is 12.1 Å². The Labute approximate surface area is 119 Å². The van der Waals surface area contributed by atoms with Crippen LogP contribution < -0.4 is 15.8 Å². The van der Waals surface area contributed by atoms with Gasteiger partial charge in [0.25, 0.3) is 0 Å². The lowest BCUT2D eigenvalue weighted by atomic mass is 10.2. The number of rotatable bonds is 3. The number of ketones is 1. The summed E-state index contributed by atoms with van der Waals surface area (Å²) in [6.45, 7) is 0. The molecule has 1 N–H and O–H groups in total. The molecule has 6 nitrogen and oxygen atoms in total. The zero-order valence-corrected chi connectivity index (χ0v) is 10.9. The van der Waals surface area contributed by atoms with Crippen LogP contribution in [0.1, 0.15) is 0 Å². The third-order valence-corrected chi connectivity index (χ3v) is 3.08. The van der Waals surface area contributed by atoms with Gasteiger partial charge < -0.3 is 5.32 Å². The molecule has 1 aliphatic heterocycles. The summed E-state index contributed by atoms with van der Waals surface area (Å²) in [5.41, 5.74) is 1.55. The van der Waals surface area contributed by atoms with E-state index in [0.717, 1.165) is 5.69 Å². The summed E-state index contributed by atoms with van der Waals surface area (Å²) in [4.78, 5) is 33.5. The van der Waals surface area contributed by atoms with Crippen LogP contribution in [0.2, 0.25) is 0 Å². The maximum Gasteiger partial charge on any atom is 0.243 e. The van der Waals surface area contributed by atoms with Crippen LogP contribution in [0.3, 0.4) is 0 Å². The molecule has 0 unspecified atom stereocenters. The molecular formula is C15H11N3O3. The zero-order chi connectivity index (χ0) is 14.8. The van der Waals surface area contributed by atoms with Gasteiger partial charge in [-0.15, -0.1) is 0 Å². The second-order valence-electron chi connectivity index (χ2n) is 4.43. The summed E-state index contributed by atoms with van der Waals surface area (Å²) < 4.78 is 1.65. The van der Waals surface area contributed by atoms with E-state index in [-0.39, 0.29) is 17.4 Å². The predicted octanol–water partition coefficient (Wildman–Crippen LogP) is 1.15. The second kappa shape index (κ2) is 5.09. The summed E-state index contributed by atoms with van der Waals surface area (Å²) in [5, 5.41) is 4.60. The third kappa shape index (κ3) is 2.34. The van der Waals surface area contributed by atoms with Crippen LogP contribution in [0.15, 0.2) is 65.5 Å². The normalized spacial score (nSPS) is 13.0. The van der Waals surface area contributed by atoms with Crippen molar-refractivity contribution in [3.63, 3.8) is 0 Å². The molecule has 1 aliphatic rings. The van der Waals surface area contributed by atoms with Crippen molar-refractivity contribution in [1.29, 1.82) is 0 Å². The fourth-order valence-electron chi connectivity index (χ4n) is 2.08. The van der Waals surface area contributed by atoms with Crippen molar-refractivity contribution in [2.75, 3.05) is 10.3 Å². The van der Waals surface area contributed by atoms with E-state index in [4.69, 9.17) is 0 Å². The van der Waals surface area contributed by atoms with Gasteiger partial charge in [0.2, 0.25) is 5.78 Å². The largest absolute Gasteiger partial charge is 0.349 e. The Hall–Kier alpha value is -3.15. The summed E-state index contributed by atoms with van der Waals surface area (Å²) in [5.74, 6) is -0.643. The highest BCUT2D eigenvalue weighted by Crippen LogP contribution is 2.31. The SMILES string of the molecule is O=CC(=O)C1=CN(n2ccc(=O)cc2)c2ccccc2N1. The number of Topliss-reactive ketones (excluding diaryl/α,β-unsaturated/α-hetero) is 1. The monoisotopic (exact) mass is 281 g/mol. The molecule has 6 heteroatoms. The molecule has 0 spiro atoms. The number of nitrogens with one attached hydrogen (secondary N) is 1. The van der Waals surface area contributed by atoms with Crippen LogP contribution in [0.4, 0.5) is 11.4 Å². The average molecular weight is 281 g/mol. The molecular weight excluding hydrogens is 270 g/mol. The third-order valence-electron chi connectivity index (χ3n) is 3.08. The topological polar surface area (TPSA) is 71.4 Å². The number of allylic oxidation sites excluding steroid dienone is 1. The van der Waals surface area contributed by atoms with Gasteiger partial charge in [0, 0.05) is 24.5 Å². The summed E-state index contributed by atoms with van der Waals surface area (Å²) >= 11 is 0. The lowest BCUT2D eigenvalue weighted by Crippen LogP contribution is -2.31. The van der Waals surface area contributed by atoms with E-state index < -0.39 is 5.78 Å². The van der Waals surface area contributed by atoms with Gasteiger partial charge in [-0.05, 0) is 12.1 Å². The quantitative estimate of drug-likeness (QED) is 0.675. The molecule has 104 valence electrons. The number of aromatic nitrogens is 1. The Balaban J connectivity index is 2.13. The fourth-order valence-corrected chi connectivity index (χ4v) is 2.08. The molecule has 2 aromatic rings. The van der Waals surface area contributed by atoms with Crippen LogP contribution >= 0.6 is 0 Å². The average Bonchev–Trinajstić information content (AvgIpc) is 2.54. The predicted molar refractivity (Wildman–Crippen MR) is 77.8 cm³/mol. The Morgan fingerprint density at radius 2 is 1.81 bits per heavy atom. The molecule has 0 atom stereocenters. The lowest BCUT2D eigenvalue weighted by molar-refractivity contribution is -0.127. The minimum Gasteiger partial charge on any atom is -0.349 e. The maximum atomic E-state index is 11.6. The zero-order valence-electron chi connectivity index (χ0n) is 10.9. The van der Waals surface area contributed by atoms with Gasteiger partial charge in [-0.3, -0.25) is 24.1 Å². The van der Waals surface area contributed by atoms with E-state index in [2.05, 4.69) is 5.32 Å². The molecule has 0 saturated heterocycles. The number of hydrogen-bond donors (Lipinski definition) is 1. The number of nitrogens with zero attached hydrogens (tertiary/aromatic N) is 2.